The summed E-state index contributed by atoms with van der Waals surface area (Å²) in [5.41, 5.74) is 1.11. The number of hydrogen-bond acceptors (Lipinski definition) is 8. The van der Waals surface area contributed by atoms with Gasteiger partial charge >= 0.3 is 0 Å². The number of nitrogens with zero attached hydrogens (tertiary/aromatic N) is 5. The molecule has 1 aliphatic rings. The third kappa shape index (κ3) is 4.82. The van der Waals surface area contributed by atoms with Crippen LogP contribution < -0.4 is 9.47 Å². The van der Waals surface area contributed by atoms with E-state index in [0.717, 1.165) is 25.8 Å². The molecule has 162 valence electrons. The smallest absolute Gasteiger partial charge is 0.276 e. The fourth-order valence-electron chi connectivity index (χ4n) is 3.79. The SMILES string of the molecule is COc1ccc(C(=O)N2CCCC(CCc3noc(-c4ccccn4)n3)C2)c(OC)n1. The molecule has 1 amide bonds. The zero-order valence-electron chi connectivity index (χ0n) is 17.7. The Morgan fingerprint density at radius 2 is 2.10 bits per heavy atom. The molecular weight excluding hydrogens is 398 g/mol. The average Bonchev–Trinajstić information content (AvgIpc) is 3.32. The first-order chi connectivity index (χ1) is 15.2. The van der Waals surface area contributed by atoms with Gasteiger partial charge in [-0.1, -0.05) is 11.2 Å². The Morgan fingerprint density at radius 3 is 2.87 bits per heavy atom. The van der Waals surface area contributed by atoms with E-state index in [1.807, 2.05) is 23.1 Å². The van der Waals surface area contributed by atoms with Crippen molar-refractivity contribution in [1.82, 2.24) is 25.0 Å². The fraction of sp³-hybridized carbons (Fsp3) is 0.409. The third-order valence-corrected chi connectivity index (χ3v) is 5.40. The van der Waals surface area contributed by atoms with Crippen molar-refractivity contribution < 1.29 is 18.8 Å². The summed E-state index contributed by atoms with van der Waals surface area (Å²) in [6.45, 7) is 1.40. The lowest BCUT2D eigenvalue weighted by Gasteiger charge is -2.33. The van der Waals surface area contributed by atoms with E-state index in [4.69, 9.17) is 14.0 Å². The summed E-state index contributed by atoms with van der Waals surface area (Å²) >= 11 is 0. The summed E-state index contributed by atoms with van der Waals surface area (Å²) in [6, 6.07) is 8.94. The minimum absolute atomic E-state index is 0.0753. The van der Waals surface area contributed by atoms with Crippen LogP contribution in [-0.2, 0) is 6.42 Å². The van der Waals surface area contributed by atoms with Gasteiger partial charge in [0.15, 0.2) is 5.82 Å². The number of aryl methyl sites for hydroxylation is 1. The molecule has 3 aromatic heterocycles. The first-order valence-electron chi connectivity index (χ1n) is 10.3. The van der Waals surface area contributed by atoms with Crippen LogP contribution in [-0.4, -0.2) is 58.2 Å². The van der Waals surface area contributed by atoms with Crippen LogP contribution in [0.1, 0.15) is 35.4 Å². The standard InChI is InChI=1S/C22H25N5O4/c1-29-19-11-9-16(20(25-19)30-2)22(28)27-13-5-6-15(14-27)8-10-18-24-21(31-26-18)17-7-3-4-12-23-17/h3-4,7,9,11-12,15H,5-6,8,10,13-14H2,1-2H3. The highest BCUT2D eigenvalue weighted by Gasteiger charge is 2.27. The van der Waals surface area contributed by atoms with Gasteiger partial charge in [-0.3, -0.25) is 9.78 Å². The molecule has 31 heavy (non-hydrogen) atoms. The number of methoxy groups -OCH3 is 2. The second kappa shape index (κ2) is 9.55. The molecule has 1 saturated heterocycles. The Balaban J connectivity index is 1.37. The number of rotatable bonds is 7. The molecule has 1 fully saturated rings. The number of piperidine rings is 1. The Labute approximate surface area is 180 Å². The molecule has 1 aliphatic heterocycles. The first kappa shape index (κ1) is 20.8. The third-order valence-electron chi connectivity index (χ3n) is 5.40. The van der Waals surface area contributed by atoms with Crippen LogP contribution in [0.15, 0.2) is 41.1 Å². The Kier molecular flexibility index (Phi) is 6.40. The number of carbonyl (C=O) groups is 1. The number of amides is 1. The van der Waals surface area contributed by atoms with Gasteiger partial charge < -0.3 is 18.9 Å². The largest absolute Gasteiger partial charge is 0.481 e. The van der Waals surface area contributed by atoms with Gasteiger partial charge in [-0.25, -0.2) is 0 Å². The van der Waals surface area contributed by atoms with Gasteiger partial charge in [0, 0.05) is 31.8 Å². The zero-order valence-corrected chi connectivity index (χ0v) is 17.7. The van der Waals surface area contributed by atoms with Gasteiger partial charge in [0.25, 0.3) is 11.8 Å². The monoisotopic (exact) mass is 423 g/mol. The number of pyridine rings is 2. The normalized spacial score (nSPS) is 16.2. The number of carbonyl (C=O) groups excluding carboxylic acids is 1. The van der Waals surface area contributed by atoms with Crippen LogP contribution in [0.3, 0.4) is 0 Å². The molecule has 0 saturated carbocycles. The van der Waals surface area contributed by atoms with Crippen LogP contribution in [0.2, 0.25) is 0 Å². The summed E-state index contributed by atoms with van der Waals surface area (Å²) in [4.78, 5) is 27.9. The molecule has 3 aromatic rings. The molecule has 0 radical (unpaired) electrons. The maximum atomic E-state index is 13.1. The summed E-state index contributed by atoms with van der Waals surface area (Å²) in [6.07, 6.45) is 5.28. The molecule has 4 heterocycles. The molecule has 0 N–H and O–H groups in total. The number of aromatic nitrogens is 4. The second-order valence-corrected chi connectivity index (χ2v) is 7.44. The highest BCUT2D eigenvalue weighted by atomic mass is 16.5. The number of hydrogen-bond donors (Lipinski definition) is 0. The van der Waals surface area contributed by atoms with Crippen molar-refractivity contribution in [3.05, 3.63) is 47.9 Å². The molecule has 1 atom stereocenters. The van der Waals surface area contributed by atoms with Gasteiger partial charge in [-0.2, -0.15) is 9.97 Å². The summed E-state index contributed by atoms with van der Waals surface area (Å²) in [5, 5.41) is 4.07. The fourth-order valence-corrected chi connectivity index (χ4v) is 3.79. The quantitative estimate of drug-likeness (QED) is 0.571. The Morgan fingerprint density at radius 1 is 1.19 bits per heavy atom. The van der Waals surface area contributed by atoms with Crippen LogP contribution in [0.25, 0.3) is 11.6 Å². The molecule has 4 rings (SSSR count). The first-order valence-corrected chi connectivity index (χ1v) is 10.3. The molecule has 0 aliphatic carbocycles. The van der Waals surface area contributed by atoms with Crippen molar-refractivity contribution in [3.63, 3.8) is 0 Å². The van der Waals surface area contributed by atoms with Gasteiger partial charge in [0.2, 0.25) is 11.8 Å². The zero-order chi connectivity index (χ0) is 21.6. The van der Waals surface area contributed by atoms with Gasteiger partial charge in [0.05, 0.1) is 14.2 Å². The summed E-state index contributed by atoms with van der Waals surface area (Å²) in [5.74, 6) is 2.07. The maximum absolute atomic E-state index is 13.1. The van der Waals surface area contributed by atoms with E-state index in [1.54, 1.807) is 18.3 Å². The molecule has 1 unspecified atom stereocenters. The minimum Gasteiger partial charge on any atom is -0.481 e. The van der Waals surface area contributed by atoms with E-state index in [9.17, 15) is 4.79 Å². The van der Waals surface area contributed by atoms with Crippen LogP contribution in [0, 0.1) is 5.92 Å². The lowest BCUT2D eigenvalue weighted by molar-refractivity contribution is 0.0663. The summed E-state index contributed by atoms with van der Waals surface area (Å²) in [7, 11) is 3.03. The topological polar surface area (TPSA) is 103 Å². The second-order valence-electron chi connectivity index (χ2n) is 7.44. The average molecular weight is 423 g/mol. The highest BCUT2D eigenvalue weighted by molar-refractivity contribution is 5.96. The number of ether oxygens (including phenoxy) is 2. The lowest BCUT2D eigenvalue weighted by atomic mass is 9.93. The lowest BCUT2D eigenvalue weighted by Crippen LogP contribution is -2.40. The molecule has 0 spiro atoms. The van der Waals surface area contributed by atoms with E-state index in [1.165, 1.54) is 14.2 Å². The van der Waals surface area contributed by atoms with Crippen LogP contribution in [0.5, 0.6) is 11.8 Å². The predicted molar refractivity (Wildman–Crippen MR) is 112 cm³/mol. The van der Waals surface area contributed by atoms with Crippen LogP contribution in [0.4, 0.5) is 0 Å². The predicted octanol–water partition coefficient (Wildman–Crippen LogP) is 3.03. The number of likely N-dealkylation sites (tertiary alicyclic amines) is 1. The van der Waals surface area contributed by atoms with Gasteiger partial charge in [-0.15, -0.1) is 0 Å². The minimum atomic E-state index is -0.0753. The molecule has 9 heteroatoms. The van der Waals surface area contributed by atoms with E-state index in [-0.39, 0.29) is 11.8 Å². The van der Waals surface area contributed by atoms with Crippen LogP contribution >= 0.6 is 0 Å². The van der Waals surface area contributed by atoms with Crippen molar-refractivity contribution in [2.24, 2.45) is 5.92 Å². The summed E-state index contributed by atoms with van der Waals surface area (Å²) < 4.78 is 15.8. The molecular formula is C22H25N5O4. The van der Waals surface area contributed by atoms with Gasteiger partial charge in [0.1, 0.15) is 11.3 Å². The van der Waals surface area contributed by atoms with E-state index in [0.29, 0.717) is 47.7 Å². The molecule has 0 aromatic carbocycles. The van der Waals surface area contributed by atoms with Crippen molar-refractivity contribution in [2.45, 2.75) is 25.7 Å². The van der Waals surface area contributed by atoms with Crippen molar-refractivity contribution in [1.29, 1.82) is 0 Å². The van der Waals surface area contributed by atoms with Gasteiger partial charge in [-0.05, 0) is 43.4 Å². The van der Waals surface area contributed by atoms with E-state index >= 15 is 0 Å². The Bertz CT molecular complexity index is 1020. The highest BCUT2D eigenvalue weighted by Crippen LogP contribution is 2.26. The van der Waals surface area contributed by atoms with Crippen molar-refractivity contribution >= 4 is 5.91 Å². The van der Waals surface area contributed by atoms with Crippen molar-refractivity contribution in [3.8, 4) is 23.3 Å². The molecule has 9 nitrogen and oxygen atoms in total. The van der Waals surface area contributed by atoms with E-state index in [2.05, 4.69) is 20.1 Å². The van der Waals surface area contributed by atoms with E-state index < -0.39 is 0 Å². The molecule has 0 bridgehead atoms. The van der Waals surface area contributed by atoms with Crippen molar-refractivity contribution in [2.75, 3.05) is 27.3 Å². The maximum Gasteiger partial charge on any atom is 0.276 e. The Hall–Kier alpha value is -3.49.